The van der Waals surface area contributed by atoms with Crippen LogP contribution in [-0.4, -0.2) is 23.8 Å². The van der Waals surface area contributed by atoms with E-state index in [1.807, 2.05) is 6.92 Å². The van der Waals surface area contributed by atoms with Crippen LogP contribution in [0.1, 0.15) is 65.2 Å². The summed E-state index contributed by atoms with van der Waals surface area (Å²) < 4.78 is 0. The first-order valence-corrected chi connectivity index (χ1v) is 7.13. The third-order valence-corrected chi connectivity index (χ3v) is 3.84. The molecule has 0 aromatic carbocycles. The molecule has 0 aromatic rings. The van der Waals surface area contributed by atoms with Crippen LogP contribution < -0.4 is 5.32 Å². The normalized spacial score (nSPS) is 21.2. The van der Waals surface area contributed by atoms with Crippen LogP contribution in [0.4, 0.5) is 0 Å². The van der Waals surface area contributed by atoms with Crippen LogP contribution in [0.15, 0.2) is 0 Å². The van der Waals surface area contributed by atoms with Gasteiger partial charge in [0, 0.05) is 6.04 Å². The summed E-state index contributed by atoms with van der Waals surface area (Å²) >= 11 is 0. The highest BCUT2D eigenvalue weighted by Gasteiger charge is 2.17. The minimum Gasteiger partial charge on any atom is -0.393 e. The first-order chi connectivity index (χ1) is 7.72. The van der Waals surface area contributed by atoms with E-state index < -0.39 is 0 Å². The van der Waals surface area contributed by atoms with Crippen molar-refractivity contribution < 1.29 is 5.11 Å². The Morgan fingerprint density at radius 1 is 1.31 bits per heavy atom. The fraction of sp³-hybridized carbons (Fsp3) is 1.00. The fourth-order valence-corrected chi connectivity index (χ4v) is 2.72. The Kier molecular flexibility index (Phi) is 7.06. The summed E-state index contributed by atoms with van der Waals surface area (Å²) in [5.41, 5.74) is 0. The van der Waals surface area contributed by atoms with Crippen molar-refractivity contribution in [3.63, 3.8) is 0 Å². The molecule has 0 saturated heterocycles. The zero-order valence-corrected chi connectivity index (χ0v) is 11.0. The van der Waals surface area contributed by atoms with Gasteiger partial charge in [-0.25, -0.2) is 0 Å². The maximum absolute atomic E-state index is 9.43. The van der Waals surface area contributed by atoms with E-state index in [1.165, 1.54) is 32.1 Å². The Bertz CT molecular complexity index is 166. The first-order valence-electron chi connectivity index (χ1n) is 7.13. The molecule has 2 atom stereocenters. The van der Waals surface area contributed by atoms with Gasteiger partial charge in [0.05, 0.1) is 6.10 Å². The fourth-order valence-electron chi connectivity index (χ4n) is 2.72. The van der Waals surface area contributed by atoms with Crippen LogP contribution in [0.25, 0.3) is 0 Å². The molecule has 0 aromatic heterocycles. The molecule has 1 fully saturated rings. The molecule has 0 bridgehead atoms. The van der Waals surface area contributed by atoms with Crippen LogP contribution in [0.5, 0.6) is 0 Å². The van der Waals surface area contributed by atoms with Gasteiger partial charge in [0.2, 0.25) is 0 Å². The van der Waals surface area contributed by atoms with Crippen molar-refractivity contribution in [3.8, 4) is 0 Å². The Labute approximate surface area is 101 Å². The van der Waals surface area contributed by atoms with Gasteiger partial charge in [0.1, 0.15) is 0 Å². The van der Waals surface area contributed by atoms with Crippen LogP contribution in [0.2, 0.25) is 0 Å². The van der Waals surface area contributed by atoms with Crippen molar-refractivity contribution in [1.29, 1.82) is 0 Å². The third-order valence-electron chi connectivity index (χ3n) is 3.84. The Morgan fingerprint density at radius 2 is 2.00 bits per heavy atom. The van der Waals surface area contributed by atoms with E-state index in [4.69, 9.17) is 0 Å². The predicted octanol–water partition coefficient (Wildman–Crippen LogP) is 3.10. The standard InChI is InChI=1S/C14H29NO/c1-3-14(16)9-6-10-15-12(2)11-13-7-4-5-8-13/h12-16H,3-11H2,1-2H3. The topological polar surface area (TPSA) is 32.3 Å². The molecule has 16 heavy (non-hydrogen) atoms. The van der Waals surface area contributed by atoms with Gasteiger partial charge in [0.25, 0.3) is 0 Å². The molecule has 2 N–H and O–H groups in total. The molecule has 1 aliphatic rings. The third kappa shape index (κ3) is 5.86. The maximum atomic E-state index is 9.43. The molecular formula is C14H29NO. The quantitative estimate of drug-likeness (QED) is 0.625. The van der Waals surface area contributed by atoms with E-state index in [2.05, 4.69) is 12.2 Å². The molecule has 1 aliphatic carbocycles. The number of hydrogen-bond donors (Lipinski definition) is 2. The van der Waals surface area contributed by atoms with Gasteiger partial charge >= 0.3 is 0 Å². The van der Waals surface area contributed by atoms with Crippen molar-refractivity contribution in [2.24, 2.45) is 5.92 Å². The van der Waals surface area contributed by atoms with Gasteiger partial charge in [-0.3, -0.25) is 0 Å². The lowest BCUT2D eigenvalue weighted by atomic mass is 9.99. The lowest BCUT2D eigenvalue weighted by Gasteiger charge is -2.18. The SMILES string of the molecule is CCC(O)CCCNC(C)CC1CCCC1. The Balaban J connectivity index is 1.95. The van der Waals surface area contributed by atoms with Crippen molar-refractivity contribution in [3.05, 3.63) is 0 Å². The Morgan fingerprint density at radius 3 is 2.62 bits per heavy atom. The summed E-state index contributed by atoms with van der Waals surface area (Å²) in [4.78, 5) is 0. The highest BCUT2D eigenvalue weighted by atomic mass is 16.3. The van der Waals surface area contributed by atoms with E-state index >= 15 is 0 Å². The molecule has 0 spiro atoms. The van der Waals surface area contributed by atoms with Crippen molar-refractivity contribution in [1.82, 2.24) is 5.32 Å². The monoisotopic (exact) mass is 227 g/mol. The summed E-state index contributed by atoms with van der Waals surface area (Å²) in [5, 5.41) is 13.0. The summed E-state index contributed by atoms with van der Waals surface area (Å²) in [6.07, 6.45) is 9.96. The van der Waals surface area contributed by atoms with Gasteiger partial charge in [-0.05, 0) is 45.1 Å². The van der Waals surface area contributed by atoms with Crippen LogP contribution in [0, 0.1) is 5.92 Å². The average Bonchev–Trinajstić information content (AvgIpc) is 2.76. The van der Waals surface area contributed by atoms with Gasteiger partial charge < -0.3 is 10.4 Å². The molecule has 2 nitrogen and oxygen atoms in total. The number of aliphatic hydroxyl groups is 1. The highest BCUT2D eigenvalue weighted by molar-refractivity contribution is 4.73. The van der Waals surface area contributed by atoms with Gasteiger partial charge in [-0.2, -0.15) is 0 Å². The van der Waals surface area contributed by atoms with Gasteiger partial charge in [0.15, 0.2) is 0 Å². The number of hydrogen-bond acceptors (Lipinski definition) is 2. The summed E-state index contributed by atoms with van der Waals surface area (Å²) in [7, 11) is 0. The van der Waals surface area contributed by atoms with Crippen molar-refractivity contribution in [2.45, 2.75) is 77.4 Å². The number of nitrogens with one attached hydrogen (secondary N) is 1. The molecule has 0 aliphatic heterocycles. The lowest BCUT2D eigenvalue weighted by molar-refractivity contribution is 0.157. The molecule has 0 radical (unpaired) electrons. The van der Waals surface area contributed by atoms with Crippen LogP contribution in [-0.2, 0) is 0 Å². The smallest absolute Gasteiger partial charge is 0.0538 e. The predicted molar refractivity (Wildman–Crippen MR) is 69.6 cm³/mol. The van der Waals surface area contributed by atoms with E-state index in [1.54, 1.807) is 0 Å². The highest BCUT2D eigenvalue weighted by Crippen LogP contribution is 2.28. The molecular weight excluding hydrogens is 198 g/mol. The summed E-state index contributed by atoms with van der Waals surface area (Å²) in [5.74, 6) is 0.976. The molecule has 0 amide bonds. The first kappa shape index (κ1) is 14.0. The van der Waals surface area contributed by atoms with Gasteiger partial charge in [-0.1, -0.05) is 32.6 Å². The van der Waals surface area contributed by atoms with Crippen molar-refractivity contribution in [2.75, 3.05) is 6.54 Å². The van der Waals surface area contributed by atoms with Crippen LogP contribution in [0.3, 0.4) is 0 Å². The second-order valence-corrected chi connectivity index (χ2v) is 5.45. The lowest BCUT2D eigenvalue weighted by Crippen LogP contribution is -2.29. The maximum Gasteiger partial charge on any atom is 0.0538 e. The zero-order chi connectivity index (χ0) is 11.8. The van der Waals surface area contributed by atoms with E-state index in [-0.39, 0.29) is 6.10 Å². The number of aliphatic hydroxyl groups excluding tert-OH is 1. The second-order valence-electron chi connectivity index (χ2n) is 5.45. The van der Waals surface area contributed by atoms with Gasteiger partial charge in [-0.15, -0.1) is 0 Å². The molecule has 2 unspecified atom stereocenters. The second kappa shape index (κ2) is 8.08. The van der Waals surface area contributed by atoms with Crippen LogP contribution >= 0.6 is 0 Å². The molecule has 0 heterocycles. The Hall–Kier alpha value is -0.0800. The van der Waals surface area contributed by atoms with E-state index in [0.717, 1.165) is 31.7 Å². The molecule has 1 saturated carbocycles. The molecule has 2 heteroatoms. The summed E-state index contributed by atoms with van der Waals surface area (Å²) in [6, 6.07) is 0.655. The minimum absolute atomic E-state index is 0.0908. The van der Waals surface area contributed by atoms with E-state index in [9.17, 15) is 5.11 Å². The minimum atomic E-state index is -0.0908. The summed E-state index contributed by atoms with van der Waals surface area (Å²) in [6.45, 7) is 5.40. The molecule has 96 valence electrons. The zero-order valence-electron chi connectivity index (χ0n) is 11.0. The largest absolute Gasteiger partial charge is 0.393 e. The van der Waals surface area contributed by atoms with E-state index in [0.29, 0.717) is 6.04 Å². The molecule has 1 rings (SSSR count). The van der Waals surface area contributed by atoms with Crippen molar-refractivity contribution >= 4 is 0 Å². The average molecular weight is 227 g/mol. The number of rotatable bonds is 8.